The first-order valence-electron chi connectivity index (χ1n) is 8.69. The molecular formula is C19H21ClN2O5S2. The van der Waals surface area contributed by atoms with Crippen LogP contribution in [0.1, 0.15) is 46.3 Å². The molecule has 156 valence electrons. The number of anilines is 1. The molecule has 1 aliphatic heterocycles. The van der Waals surface area contributed by atoms with E-state index in [1.54, 1.807) is 19.1 Å². The van der Waals surface area contributed by atoms with Gasteiger partial charge in [0.1, 0.15) is 5.69 Å². The van der Waals surface area contributed by atoms with Crippen LogP contribution < -0.4 is 4.31 Å². The van der Waals surface area contributed by atoms with E-state index in [1.165, 1.54) is 39.2 Å². The molecule has 0 bridgehead atoms. The van der Waals surface area contributed by atoms with Gasteiger partial charge in [-0.15, -0.1) is 0 Å². The van der Waals surface area contributed by atoms with Crippen molar-refractivity contribution in [2.75, 3.05) is 17.6 Å². The fraction of sp³-hybridized carbons (Fsp3) is 0.368. The minimum absolute atomic E-state index is 0.102. The minimum Gasteiger partial charge on any atom is -0.291 e. The number of pyridine rings is 1. The summed E-state index contributed by atoms with van der Waals surface area (Å²) in [5.41, 5.74) is 1.09. The molecule has 10 heteroatoms. The smallest absolute Gasteiger partial charge is 0.232 e. The van der Waals surface area contributed by atoms with Crippen LogP contribution in [0.25, 0.3) is 0 Å². The van der Waals surface area contributed by atoms with E-state index < -0.39 is 35.6 Å². The Kier molecular flexibility index (Phi) is 5.08. The molecule has 0 amide bonds. The number of fused-ring (bicyclic) bond motifs is 1. The summed E-state index contributed by atoms with van der Waals surface area (Å²) in [6.45, 7) is 4.64. The van der Waals surface area contributed by atoms with Gasteiger partial charge in [-0.25, -0.2) is 16.8 Å². The van der Waals surface area contributed by atoms with Crippen molar-refractivity contribution in [3.8, 4) is 0 Å². The molecule has 0 spiro atoms. The van der Waals surface area contributed by atoms with Crippen molar-refractivity contribution in [3.63, 3.8) is 0 Å². The lowest BCUT2D eigenvalue weighted by atomic mass is 9.93. The molecule has 0 radical (unpaired) electrons. The number of hydrogen-bond acceptors (Lipinski definition) is 6. The van der Waals surface area contributed by atoms with Crippen LogP contribution in [0.5, 0.6) is 0 Å². The molecular weight excluding hydrogens is 436 g/mol. The number of carbonyl (C=O) groups excluding carboxylic acids is 1. The average molecular weight is 457 g/mol. The Morgan fingerprint density at radius 3 is 2.41 bits per heavy atom. The van der Waals surface area contributed by atoms with Crippen molar-refractivity contribution in [3.05, 3.63) is 57.9 Å². The van der Waals surface area contributed by atoms with E-state index in [0.717, 1.165) is 10.6 Å². The topological polar surface area (TPSA) is 101 Å². The van der Waals surface area contributed by atoms with Gasteiger partial charge in [-0.1, -0.05) is 23.7 Å². The lowest BCUT2D eigenvalue weighted by Gasteiger charge is -2.36. The Balaban J connectivity index is 2.34. The molecule has 0 N–H and O–H groups in total. The van der Waals surface area contributed by atoms with Gasteiger partial charge in [-0.05, 0) is 44.0 Å². The Morgan fingerprint density at radius 2 is 1.83 bits per heavy atom. The summed E-state index contributed by atoms with van der Waals surface area (Å²) >= 11 is 6.23. The van der Waals surface area contributed by atoms with Crippen LogP contribution in [-0.4, -0.2) is 40.9 Å². The van der Waals surface area contributed by atoms with E-state index in [2.05, 4.69) is 4.98 Å². The molecule has 0 fully saturated rings. The van der Waals surface area contributed by atoms with Crippen LogP contribution >= 0.6 is 11.6 Å². The number of Topliss-reactive ketones (excluding diaryl/α,β-unsaturated/α-hetero) is 1. The summed E-state index contributed by atoms with van der Waals surface area (Å²) in [7, 11) is -6.37. The van der Waals surface area contributed by atoms with Crippen LogP contribution in [-0.2, 0) is 24.6 Å². The SMILES string of the molecule is Cc1c(C2C(=O)c3ncccc3C(C)(C)S2(=O)=O)ccc(Cl)c1N(C)S(C)(=O)=O. The van der Waals surface area contributed by atoms with Crippen molar-refractivity contribution < 1.29 is 21.6 Å². The number of benzene rings is 1. The highest BCUT2D eigenvalue weighted by Gasteiger charge is 2.53. The predicted octanol–water partition coefficient (Wildman–Crippen LogP) is 3.03. The van der Waals surface area contributed by atoms with Gasteiger partial charge in [0.25, 0.3) is 0 Å². The number of hydrogen-bond donors (Lipinski definition) is 0. The minimum atomic E-state index is -4.03. The summed E-state index contributed by atoms with van der Waals surface area (Å²) in [4.78, 5) is 17.4. The monoisotopic (exact) mass is 456 g/mol. The van der Waals surface area contributed by atoms with Crippen molar-refractivity contribution in [1.82, 2.24) is 4.98 Å². The summed E-state index contributed by atoms with van der Waals surface area (Å²) in [6.07, 6.45) is 2.46. The van der Waals surface area contributed by atoms with Crippen LogP contribution in [0, 0.1) is 6.92 Å². The van der Waals surface area contributed by atoms with Gasteiger partial charge in [-0.3, -0.25) is 14.1 Å². The first kappa shape index (κ1) is 21.7. The third kappa shape index (κ3) is 3.15. The maximum atomic E-state index is 13.5. The van der Waals surface area contributed by atoms with Crippen molar-refractivity contribution in [2.45, 2.75) is 30.8 Å². The molecule has 1 aliphatic rings. The summed E-state index contributed by atoms with van der Waals surface area (Å²) in [5, 5.41) is -1.37. The molecule has 0 aliphatic carbocycles. The highest BCUT2D eigenvalue weighted by molar-refractivity contribution is 7.93. The number of ketones is 1. The van der Waals surface area contributed by atoms with E-state index in [1.807, 2.05) is 0 Å². The number of rotatable bonds is 3. The third-order valence-electron chi connectivity index (χ3n) is 5.47. The number of sulfone groups is 1. The largest absolute Gasteiger partial charge is 0.291 e. The number of aromatic nitrogens is 1. The zero-order valence-electron chi connectivity index (χ0n) is 16.6. The second-order valence-corrected chi connectivity index (χ2v) is 12.5. The van der Waals surface area contributed by atoms with Gasteiger partial charge in [0, 0.05) is 18.8 Å². The van der Waals surface area contributed by atoms with E-state index in [-0.39, 0.29) is 22.0 Å². The first-order valence-corrected chi connectivity index (χ1v) is 12.5. The van der Waals surface area contributed by atoms with E-state index >= 15 is 0 Å². The van der Waals surface area contributed by atoms with Gasteiger partial charge in [0.05, 0.1) is 21.7 Å². The highest BCUT2D eigenvalue weighted by atomic mass is 35.5. The maximum absolute atomic E-state index is 13.5. The van der Waals surface area contributed by atoms with Gasteiger partial charge in [-0.2, -0.15) is 0 Å². The molecule has 0 saturated carbocycles. The lowest BCUT2D eigenvalue weighted by molar-refractivity contribution is 0.0975. The standard InChI is InChI=1S/C19H21ClN2O5S2/c1-11-12(8-9-14(20)16(11)22(4)28(5,24)25)18-17(23)15-13(7-6-10-21-15)19(2,3)29(18,26)27/h6-10,18H,1-5H3. The Hall–Kier alpha value is -1.97. The highest BCUT2D eigenvalue weighted by Crippen LogP contribution is 2.48. The van der Waals surface area contributed by atoms with E-state index in [0.29, 0.717) is 11.1 Å². The van der Waals surface area contributed by atoms with Crippen molar-refractivity contribution in [1.29, 1.82) is 0 Å². The molecule has 1 unspecified atom stereocenters. The zero-order valence-corrected chi connectivity index (χ0v) is 19.0. The summed E-state index contributed by atoms with van der Waals surface area (Å²) in [5.74, 6) is -0.640. The zero-order chi connectivity index (χ0) is 21.9. The van der Waals surface area contributed by atoms with Crippen LogP contribution in [0.4, 0.5) is 5.69 Å². The second-order valence-electron chi connectivity index (χ2n) is 7.54. The molecule has 0 saturated heterocycles. The quantitative estimate of drug-likeness (QED) is 0.703. The Bertz CT molecular complexity index is 1240. The van der Waals surface area contributed by atoms with Crippen LogP contribution in [0.2, 0.25) is 5.02 Å². The lowest BCUT2D eigenvalue weighted by Crippen LogP contribution is -2.43. The van der Waals surface area contributed by atoms with Crippen LogP contribution in [0.15, 0.2) is 30.5 Å². The average Bonchev–Trinajstić information content (AvgIpc) is 2.61. The van der Waals surface area contributed by atoms with Gasteiger partial charge < -0.3 is 0 Å². The third-order valence-corrected chi connectivity index (χ3v) is 9.68. The van der Waals surface area contributed by atoms with Crippen molar-refractivity contribution >= 4 is 42.9 Å². The molecule has 1 aromatic heterocycles. The molecule has 29 heavy (non-hydrogen) atoms. The van der Waals surface area contributed by atoms with Crippen molar-refractivity contribution in [2.24, 2.45) is 0 Å². The fourth-order valence-electron chi connectivity index (χ4n) is 3.63. The molecule has 2 heterocycles. The Morgan fingerprint density at radius 1 is 1.21 bits per heavy atom. The molecule has 1 aromatic carbocycles. The van der Waals surface area contributed by atoms with Gasteiger partial charge in [0.15, 0.2) is 15.1 Å². The number of sulfonamides is 1. The first-order chi connectivity index (χ1) is 13.2. The Labute approximate surface area is 175 Å². The van der Waals surface area contributed by atoms with Crippen LogP contribution in [0.3, 0.4) is 0 Å². The molecule has 1 atom stereocenters. The molecule has 2 aromatic rings. The van der Waals surface area contributed by atoms with Gasteiger partial charge >= 0.3 is 0 Å². The number of nitrogens with zero attached hydrogens (tertiary/aromatic N) is 2. The summed E-state index contributed by atoms with van der Waals surface area (Å²) in [6, 6.07) is 6.05. The summed E-state index contributed by atoms with van der Waals surface area (Å²) < 4.78 is 50.7. The second kappa shape index (κ2) is 6.78. The van der Waals surface area contributed by atoms with E-state index in [9.17, 15) is 21.6 Å². The molecule has 7 nitrogen and oxygen atoms in total. The predicted molar refractivity (Wildman–Crippen MR) is 113 cm³/mol. The fourth-order valence-corrected chi connectivity index (χ4v) is 6.62. The normalized spacial score (nSPS) is 20.2. The molecule has 3 rings (SSSR count). The number of carbonyl (C=O) groups is 1. The number of halogens is 1. The van der Waals surface area contributed by atoms with E-state index in [4.69, 9.17) is 11.6 Å². The van der Waals surface area contributed by atoms with Gasteiger partial charge in [0.2, 0.25) is 15.8 Å². The maximum Gasteiger partial charge on any atom is 0.232 e.